The van der Waals surface area contributed by atoms with Gasteiger partial charge in [0, 0.05) is 24.8 Å². The quantitative estimate of drug-likeness (QED) is 0.829. The summed E-state index contributed by atoms with van der Waals surface area (Å²) >= 11 is 1.66. The van der Waals surface area contributed by atoms with Gasteiger partial charge in [0.25, 0.3) is 0 Å². The van der Waals surface area contributed by atoms with Crippen molar-refractivity contribution in [2.75, 3.05) is 19.7 Å². The molecule has 2 aliphatic heterocycles. The lowest BCUT2D eigenvalue weighted by molar-refractivity contribution is -0.202. The van der Waals surface area contributed by atoms with Crippen LogP contribution in [0.5, 0.6) is 0 Å². The molecular weight excluding hydrogens is 312 g/mol. The molecule has 4 rings (SSSR count). The van der Waals surface area contributed by atoms with Crippen molar-refractivity contribution in [3.05, 3.63) is 16.1 Å². The summed E-state index contributed by atoms with van der Waals surface area (Å²) in [5.74, 6) is 0.965. The molecular formula is C17H24N2O3S. The van der Waals surface area contributed by atoms with Gasteiger partial charge in [-0.15, -0.1) is 11.3 Å². The minimum atomic E-state index is -0.153. The van der Waals surface area contributed by atoms with Crippen LogP contribution in [0.4, 0.5) is 0 Å². The topological polar surface area (TPSA) is 51.7 Å². The highest BCUT2D eigenvalue weighted by Crippen LogP contribution is 2.38. The summed E-state index contributed by atoms with van der Waals surface area (Å²) in [7, 11) is 0. The number of hydrogen-bond acceptors (Lipinski definition) is 5. The second-order valence-corrected chi connectivity index (χ2v) is 8.27. The molecule has 5 nitrogen and oxygen atoms in total. The number of likely N-dealkylation sites (tertiary alicyclic amines) is 1. The Bertz CT molecular complexity index is 578. The molecule has 1 atom stereocenters. The molecule has 1 aromatic rings. The summed E-state index contributed by atoms with van der Waals surface area (Å²) < 4.78 is 12.0. The highest BCUT2D eigenvalue weighted by molar-refractivity contribution is 7.09. The Hall–Kier alpha value is -0.980. The molecule has 2 saturated heterocycles. The van der Waals surface area contributed by atoms with Gasteiger partial charge in [-0.2, -0.15) is 0 Å². The molecule has 6 heteroatoms. The van der Waals surface area contributed by atoms with E-state index in [0.29, 0.717) is 18.4 Å². The highest BCUT2D eigenvalue weighted by atomic mass is 32.1. The molecule has 3 aliphatic rings. The zero-order valence-electron chi connectivity index (χ0n) is 13.6. The van der Waals surface area contributed by atoms with Gasteiger partial charge in [0.1, 0.15) is 5.60 Å². The van der Waals surface area contributed by atoms with Crippen LogP contribution in [0.25, 0.3) is 0 Å². The van der Waals surface area contributed by atoms with Crippen LogP contribution >= 0.6 is 11.3 Å². The van der Waals surface area contributed by atoms with E-state index in [0.717, 1.165) is 49.7 Å². The van der Waals surface area contributed by atoms with Crippen LogP contribution in [0, 0.1) is 12.8 Å². The largest absolute Gasteiger partial charge is 0.372 e. The molecule has 3 heterocycles. The maximum Gasteiger partial charge on any atom is 0.223 e. The van der Waals surface area contributed by atoms with E-state index in [9.17, 15) is 4.79 Å². The summed E-state index contributed by atoms with van der Waals surface area (Å²) in [4.78, 5) is 18.5. The summed E-state index contributed by atoms with van der Waals surface area (Å²) in [6.07, 6.45) is 5.23. The summed E-state index contributed by atoms with van der Waals surface area (Å²) in [5, 5.41) is 3.14. The fourth-order valence-corrected chi connectivity index (χ4v) is 4.14. The third-order valence-corrected chi connectivity index (χ3v) is 5.87. The van der Waals surface area contributed by atoms with E-state index < -0.39 is 0 Å². The van der Waals surface area contributed by atoms with Gasteiger partial charge in [-0.05, 0) is 32.1 Å². The number of rotatable bonds is 5. The van der Waals surface area contributed by atoms with Crippen molar-refractivity contribution in [2.24, 2.45) is 5.92 Å². The van der Waals surface area contributed by atoms with Gasteiger partial charge >= 0.3 is 0 Å². The van der Waals surface area contributed by atoms with Crippen molar-refractivity contribution in [1.82, 2.24) is 9.88 Å². The maximum absolute atomic E-state index is 12.1. The second-order valence-electron chi connectivity index (χ2n) is 7.21. The fourth-order valence-electron chi connectivity index (χ4n) is 3.55. The van der Waals surface area contributed by atoms with Crippen LogP contribution in [-0.4, -0.2) is 47.2 Å². The molecule has 1 spiro atoms. The average Bonchev–Trinajstić information content (AvgIpc) is 3.22. The minimum absolute atomic E-state index is 0.153. The molecule has 1 amide bonds. The Morgan fingerprint density at radius 3 is 3.00 bits per heavy atom. The molecule has 0 aromatic carbocycles. The Balaban J connectivity index is 1.25. The van der Waals surface area contributed by atoms with Crippen molar-refractivity contribution in [3.63, 3.8) is 0 Å². The van der Waals surface area contributed by atoms with Gasteiger partial charge < -0.3 is 14.4 Å². The highest BCUT2D eigenvalue weighted by Gasteiger charge is 2.49. The molecule has 1 aliphatic carbocycles. The molecule has 0 bridgehead atoms. The lowest BCUT2D eigenvalue weighted by Crippen LogP contribution is -2.67. The monoisotopic (exact) mass is 336 g/mol. The van der Waals surface area contributed by atoms with Crippen molar-refractivity contribution in [3.8, 4) is 0 Å². The van der Waals surface area contributed by atoms with Crippen LogP contribution in [0.3, 0.4) is 0 Å². The van der Waals surface area contributed by atoms with E-state index in [1.807, 2.05) is 11.8 Å². The predicted octanol–water partition coefficient (Wildman–Crippen LogP) is 2.53. The molecule has 1 saturated carbocycles. The number of amides is 1. The van der Waals surface area contributed by atoms with Gasteiger partial charge in [0.05, 0.1) is 36.5 Å². The molecule has 1 aromatic heterocycles. The first kappa shape index (κ1) is 15.5. The van der Waals surface area contributed by atoms with Crippen LogP contribution in [0.1, 0.15) is 42.8 Å². The number of nitrogens with zero attached hydrogens (tertiary/aromatic N) is 2. The van der Waals surface area contributed by atoms with Crippen molar-refractivity contribution in [2.45, 2.75) is 57.3 Å². The number of thiazole rings is 1. The third kappa shape index (κ3) is 3.59. The summed E-state index contributed by atoms with van der Waals surface area (Å²) in [5.41, 5.74) is 0.864. The van der Waals surface area contributed by atoms with Gasteiger partial charge in [0.15, 0.2) is 0 Å². The number of ether oxygens (including phenoxy) is 2. The number of aromatic nitrogens is 1. The summed E-state index contributed by atoms with van der Waals surface area (Å²) in [6.45, 7) is 4.81. The zero-order chi connectivity index (χ0) is 15.9. The molecule has 0 unspecified atom stereocenters. The number of carbonyl (C=O) groups excluding carboxylic acids is 1. The Morgan fingerprint density at radius 2 is 2.30 bits per heavy atom. The molecule has 3 fully saturated rings. The lowest BCUT2D eigenvalue weighted by Gasteiger charge is -2.53. The van der Waals surface area contributed by atoms with Crippen molar-refractivity contribution in [1.29, 1.82) is 0 Å². The van der Waals surface area contributed by atoms with Gasteiger partial charge in [-0.3, -0.25) is 4.79 Å². The number of hydrogen-bond donors (Lipinski definition) is 0. The smallest absolute Gasteiger partial charge is 0.223 e. The summed E-state index contributed by atoms with van der Waals surface area (Å²) in [6, 6.07) is 0. The molecule has 0 N–H and O–H groups in total. The Kier molecular flexibility index (Phi) is 4.15. The Morgan fingerprint density at radius 1 is 1.48 bits per heavy atom. The van der Waals surface area contributed by atoms with Gasteiger partial charge in [-0.25, -0.2) is 4.98 Å². The predicted molar refractivity (Wildman–Crippen MR) is 87.3 cm³/mol. The Labute approximate surface area is 141 Å². The normalized spacial score (nSPS) is 26.3. The lowest BCUT2D eigenvalue weighted by atomic mass is 9.84. The number of aryl methyl sites for hydroxylation is 1. The average molecular weight is 336 g/mol. The molecule has 126 valence electrons. The van der Waals surface area contributed by atoms with E-state index in [-0.39, 0.29) is 11.7 Å². The van der Waals surface area contributed by atoms with Crippen LogP contribution in [-0.2, 0) is 20.9 Å². The first-order valence-corrected chi connectivity index (χ1v) is 9.44. The van der Waals surface area contributed by atoms with Gasteiger partial charge in [-0.1, -0.05) is 0 Å². The standard InChI is InChI=1S/C17H24N2O3S/c1-12-18-14(9-23-12)8-21-15-4-5-22-17(7-15)10-19(11-17)16(20)6-13-2-3-13/h9,13,15H,2-8,10-11H2,1H3/t15-/m1/s1. The van der Waals surface area contributed by atoms with Crippen molar-refractivity contribution < 1.29 is 14.3 Å². The van der Waals surface area contributed by atoms with E-state index >= 15 is 0 Å². The van der Waals surface area contributed by atoms with E-state index in [4.69, 9.17) is 9.47 Å². The SMILES string of the molecule is Cc1nc(CO[C@@H]2CCOC3(C2)CN(C(=O)CC2CC2)C3)cs1. The van der Waals surface area contributed by atoms with Gasteiger partial charge in [0.2, 0.25) is 5.91 Å². The van der Waals surface area contributed by atoms with E-state index in [2.05, 4.69) is 10.4 Å². The van der Waals surface area contributed by atoms with E-state index in [1.54, 1.807) is 11.3 Å². The third-order valence-electron chi connectivity index (χ3n) is 5.05. The van der Waals surface area contributed by atoms with E-state index in [1.165, 1.54) is 12.8 Å². The first-order valence-electron chi connectivity index (χ1n) is 8.56. The van der Waals surface area contributed by atoms with Crippen molar-refractivity contribution >= 4 is 17.2 Å². The maximum atomic E-state index is 12.1. The van der Waals surface area contributed by atoms with Crippen LogP contribution in [0.15, 0.2) is 5.38 Å². The zero-order valence-corrected chi connectivity index (χ0v) is 14.4. The second kappa shape index (κ2) is 6.15. The van der Waals surface area contributed by atoms with Crippen LogP contribution < -0.4 is 0 Å². The fraction of sp³-hybridized carbons (Fsp3) is 0.765. The molecule has 0 radical (unpaired) electrons. The molecule has 23 heavy (non-hydrogen) atoms. The first-order chi connectivity index (χ1) is 11.1. The number of carbonyl (C=O) groups is 1. The minimum Gasteiger partial charge on any atom is -0.372 e. The van der Waals surface area contributed by atoms with Crippen LogP contribution in [0.2, 0.25) is 0 Å².